The molecule has 0 nitrogen and oxygen atoms in total. The molecule has 0 aromatic rings. The number of hydrogen-bond acceptors (Lipinski definition) is 6. The summed E-state index contributed by atoms with van der Waals surface area (Å²) in [4.78, 5) is 0. The van der Waals surface area contributed by atoms with E-state index < -0.39 is 0 Å². The Morgan fingerprint density at radius 1 is 0.944 bits per heavy atom. The summed E-state index contributed by atoms with van der Waals surface area (Å²) in [5, 5.41) is 1.30. The van der Waals surface area contributed by atoms with Crippen molar-refractivity contribution in [2.75, 3.05) is 23.0 Å². The van der Waals surface area contributed by atoms with E-state index in [-0.39, 0.29) is 0 Å². The van der Waals surface area contributed by atoms with Gasteiger partial charge in [-0.05, 0) is 24.3 Å². The standard InChI is InChI=1S/C12H24S6/c1-3-5-17-11(13)9-10(16-8-7-15-9)12(14)18-6-4-2/h9-14H,3-8H2,1-2H3. The van der Waals surface area contributed by atoms with Gasteiger partial charge in [-0.3, -0.25) is 0 Å². The first kappa shape index (κ1) is 18.1. The summed E-state index contributed by atoms with van der Waals surface area (Å²) in [6.45, 7) is 4.48. The molecule has 0 spiro atoms. The fourth-order valence-corrected chi connectivity index (χ4v) is 9.09. The van der Waals surface area contributed by atoms with E-state index in [0.29, 0.717) is 19.7 Å². The molecule has 18 heavy (non-hydrogen) atoms. The zero-order valence-corrected chi connectivity index (χ0v) is 16.1. The Balaban J connectivity index is 2.49. The van der Waals surface area contributed by atoms with Crippen molar-refractivity contribution in [2.45, 2.75) is 46.4 Å². The van der Waals surface area contributed by atoms with Gasteiger partial charge in [-0.2, -0.15) is 48.8 Å². The first-order valence-corrected chi connectivity index (χ1v) is 11.8. The van der Waals surface area contributed by atoms with Crippen molar-refractivity contribution < 1.29 is 0 Å². The monoisotopic (exact) mass is 360 g/mol. The Kier molecular flexibility index (Phi) is 10.9. The van der Waals surface area contributed by atoms with Crippen LogP contribution in [0.3, 0.4) is 0 Å². The maximum absolute atomic E-state index is 4.84. The molecule has 0 aliphatic carbocycles. The van der Waals surface area contributed by atoms with Gasteiger partial charge in [0.25, 0.3) is 0 Å². The van der Waals surface area contributed by atoms with Gasteiger partial charge < -0.3 is 0 Å². The summed E-state index contributed by atoms with van der Waals surface area (Å²) in [7, 11) is 0. The average molecular weight is 361 g/mol. The zero-order valence-electron chi connectivity index (χ0n) is 11.1. The van der Waals surface area contributed by atoms with Crippen molar-refractivity contribution in [3.05, 3.63) is 0 Å². The van der Waals surface area contributed by atoms with Crippen molar-refractivity contribution in [3.63, 3.8) is 0 Å². The number of hydrogen-bond donors (Lipinski definition) is 2. The molecule has 0 amide bonds. The Bertz CT molecular complexity index is 191. The summed E-state index contributed by atoms with van der Waals surface area (Å²) < 4.78 is 0.925. The first-order valence-electron chi connectivity index (χ1n) is 6.53. The van der Waals surface area contributed by atoms with Crippen molar-refractivity contribution in [3.8, 4) is 0 Å². The second kappa shape index (κ2) is 10.8. The third kappa shape index (κ3) is 6.25. The lowest BCUT2D eigenvalue weighted by Gasteiger charge is -2.36. The molecule has 1 aliphatic heterocycles. The Morgan fingerprint density at radius 2 is 1.33 bits per heavy atom. The van der Waals surface area contributed by atoms with Gasteiger partial charge in [-0.1, -0.05) is 13.8 Å². The Hall–Kier alpha value is 2.10. The van der Waals surface area contributed by atoms with Crippen molar-refractivity contribution in [1.82, 2.24) is 0 Å². The minimum Gasteiger partial charge on any atom is -0.164 e. The lowest BCUT2D eigenvalue weighted by molar-refractivity contribution is 0.890. The van der Waals surface area contributed by atoms with Gasteiger partial charge in [-0.25, -0.2) is 0 Å². The zero-order chi connectivity index (χ0) is 13.4. The lowest BCUT2D eigenvalue weighted by Crippen LogP contribution is -2.37. The first-order chi connectivity index (χ1) is 8.70. The smallest absolute Gasteiger partial charge is 0.0602 e. The fraction of sp³-hybridized carbons (Fsp3) is 1.00. The van der Waals surface area contributed by atoms with E-state index in [1.165, 1.54) is 35.9 Å². The third-order valence-electron chi connectivity index (χ3n) is 2.58. The van der Waals surface area contributed by atoms with Gasteiger partial charge in [0.1, 0.15) is 0 Å². The van der Waals surface area contributed by atoms with Crippen LogP contribution in [-0.2, 0) is 0 Å². The van der Waals surface area contributed by atoms with Crippen LogP contribution in [0.2, 0.25) is 0 Å². The molecule has 1 aliphatic rings. The van der Waals surface area contributed by atoms with Crippen LogP contribution in [0, 0.1) is 0 Å². The molecule has 1 saturated heterocycles. The molecule has 0 radical (unpaired) electrons. The summed E-state index contributed by atoms with van der Waals surface area (Å²) >= 11 is 17.9. The summed E-state index contributed by atoms with van der Waals surface area (Å²) in [5.41, 5.74) is 0. The van der Waals surface area contributed by atoms with Crippen LogP contribution < -0.4 is 0 Å². The van der Waals surface area contributed by atoms with Gasteiger partial charge in [0.05, 0.1) is 9.16 Å². The third-order valence-corrected chi connectivity index (χ3v) is 10.6. The SMILES string of the molecule is CCCSC(S)C1SCCSC1C(S)SCCC. The lowest BCUT2D eigenvalue weighted by atomic mass is 10.3. The van der Waals surface area contributed by atoms with Gasteiger partial charge in [-0.15, -0.1) is 23.5 Å². The van der Waals surface area contributed by atoms with E-state index in [0.717, 1.165) is 0 Å². The topological polar surface area (TPSA) is 0 Å². The summed E-state index contributed by atoms with van der Waals surface area (Å²) in [5.74, 6) is 4.99. The molecule has 0 N–H and O–H groups in total. The highest BCUT2D eigenvalue weighted by Gasteiger charge is 2.35. The Morgan fingerprint density at radius 3 is 1.67 bits per heavy atom. The number of rotatable bonds is 8. The molecule has 1 heterocycles. The number of thiol groups is 2. The molecule has 4 atom stereocenters. The molecule has 0 bridgehead atoms. The average Bonchev–Trinajstić information content (AvgIpc) is 2.42. The molecular formula is C12H24S6. The van der Waals surface area contributed by atoms with Crippen LogP contribution >= 0.6 is 72.3 Å². The van der Waals surface area contributed by atoms with Crippen LogP contribution in [0.25, 0.3) is 0 Å². The Labute approximate surface area is 141 Å². The van der Waals surface area contributed by atoms with E-state index in [1.807, 2.05) is 23.5 Å². The molecule has 108 valence electrons. The summed E-state index contributed by atoms with van der Waals surface area (Å²) in [6.07, 6.45) is 2.48. The van der Waals surface area contributed by atoms with E-state index >= 15 is 0 Å². The highest BCUT2D eigenvalue weighted by molar-refractivity contribution is 8.15. The van der Waals surface area contributed by atoms with E-state index in [9.17, 15) is 0 Å². The molecule has 0 aromatic heterocycles. The quantitative estimate of drug-likeness (QED) is 0.461. The predicted octanol–water partition coefficient (Wildman–Crippen LogP) is 5.00. The van der Waals surface area contributed by atoms with Crippen LogP contribution in [-0.4, -0.2) is 42.7 Å². The van der Waals surface area contributed by atoms with Gasteiger partial charge >= 0.3 is 0 Å². The van der Waals surface area contributed by atoms with Crippen LogP contribution in [0.5, 0.6) is 0 Å². The second-order valence-electron chi connectivity index (χ2n) is 4.19. The van der Waals surface area contributed by atoms with Crippen molar-refractivity contribution in [1.29, 1.82) is 0 Å². The highest BCUT2D eigenvalue weighted by Crippen LogP contribution is 2.44. The molecule has 1 rings (SSSR count). The van der Waals surface area contributed by atoms with Gasteiger partial charge in [0, 0.05) is 22.0 Å². The molecule has 0 aromatic carbocycles. The van der Waals surface area contributed by atoms with Crippen LogP contribution in [0.1, 0.15) is 26.7 Å². The largest absolute Gasteiger partial charge is 0.164 e. The molecule has 4 unspecified atom stereocenters. The van der Waals surface area contributed by atoms with E-state index in [4.69, 9.17) is 25.3 Å². The molecule has 1 fully saturated rings. The molecule has 0 saturated carbocycles. The molecule has 6 heteroatoms. The maximum Gasteiger partial charge on any atom is 0.0602 e. The van der Waals surface area contributed by atoms with Crippen molar-refractivity contribution in [2.24, 2.45) is 0 Å². The van der Waals surface area contributed by atoms with Crippen LogP contribution in [0.15, 0.2) is 0 Å². The number of thioether (sulfide) groups is 4. The minimum absolute atomic E-state index is 0.463. The van der Waals surface area contributed by atoms with Crippen molar-refractivity contribution >= 4 is 72.3 Å². The normalized spacial score (nSPS) is 28.0. The predicted molar refractivity (Wildman–Crippen MR) is 104 cm³/mol. The maximum atomic E-state index is 4.84. The van der Waals surface area contributed by atoms with Gasteiger partial charge in [0.2, 0.25) is 0 Å². The van der Waals surface area contributed by atoms with Crippen LogP contribution in [0.4, 0.5) is 0 Å². The fourth-order valence-electron chi connectivity index (χ4n) is 1.71. The van der Waals surface area contributed by atoms with Gasteiger partial charge in [0.15, 0.2) is 0 Å². The molecular weight excluding hydrogens is 337 g/mol. The second-order valence-corrected chi connectivity index (χ2v) is 11.1. The van der Waals surface area contributed by atoms with E-state index in [1.54, 1.807) is 0 Å². The van der Waals surface area contributed by atoms with E-state index in [2.05, 4.69) is 37.4 Å². The minimum atomic E-state index is 0.463. The summed E-state index contributed by atoms with van der Waals surface area (Å²) in [6, 6.07) is 0. The highest BCUT2D eigenvalue weighted by atomic mass is 32.2.